The predicted molar refractivity (Wildman–Crippen MR) is 142 cm³/mol. The van der Waals surface area contributed by atoms with E-state index >= 15 is 0 Å². The zero-order valence-electron chi connectivity index (χ0n) is 21.9. The number of carbonyl (C=O) groups excluding carboxylic acids is 3. The second-order valence-corrected chi connectivity index (χ2v) is 12.3. The van der Waals surface area contributed by atoms with Crippen LogP contribution in [-0.4, -0.2) is 84.0 Å². The molecule has 2 amide bonds. The van der Waals surface area contributed by atoms with Crippen molar-refractivity contribution in [1.82, 2.24) is 19.5 Å². The average molecular weight is 565 g/mol. The molecule has 1 aliphatic heterocycles. The molecule has 0 spiro atoms. The minimum atomic E-state index is -4.50. The van der Waals surface area contributed by atoms with E-state index in [1.54, 1.807) is 33.2 Å². The van der Waals surface area contributed by atoms with Crippen LogP contribution in [0.4, 0.5) is 4.79 Å². The first-order chi connectivity index (χ1) is 17.9. The number of hydrogen-bond acceptors (Lipinski definition) is 10. The molecule has 1 aromatic heterocycles. The number of carbonyl (C=O) groups is 3. The highest BCUT2D eigenvalue weighted by molar-refractivity contribution is 8.01. The number of sulfonamides is 1. The lowest BCUT2D eigenvalue weighted by molar-refractivity contribution is -0.151. The van der Waals surface area contributed by atoms with Gasteiger partial charge in [0.2, 0.25) is 0 Å². The summed E-state index contributed by atoms with van der Waals surface area (Å²) in [6.45, 7) is 5.40. The Kier molecular flexibility index (Phi) is 9.39. The van der Waals surface area contributed by atoms with Crippen LogP contribution in [-0.2, 0) is 30.8 Å². The van der Waals surface area contributed by atoms with E-state index in [1.807, 2.05) is 13.8 Å². The Morgan fingerprint density at radius 3 is 2.39 bits per heavy atom. The molecule has 0 radical (unpaired) electrons. The molecular formula is C25H32N4O7S2. The van der Waals surface area contributed by atoms with Gasteiger partial charge in [-0.2, -0.15) is 0 Å². The number of thioether (sulfide) groups is 1. The van der Waals surface area contributed by atoms with Crippen molar-refractivity contribution in [3.63, 3.8) is 0 Å². The molecule has 1 fully saturated rings. The molecule has 3 rings (SSSR count). The van der Waals surface area contributed by atoms with Gasteiger partial charge < -0.3 is 14.4 Å². The van der Waals surface area contributed by atoms with Crippen LogP contribution in [0, 0.1) is 0 Å². The molecule has 11 nitrogen and oxygen atoms in total. The lowest BCUT2D eigenvalue weighted by atomic mass is 10.1. The van der Waals surface area contributed by atoms with Gasteiger partial charge >= 0.3 is 12.1 Å². The van der Waals surface area contributed by atoms with Gasteiger partial charge in [-0.3, -0.25) is 15.1 Å². The van der Waals surface area contributed by atoms with Crippen LogP contribution in [0.2, 0.25) is 0 Å². The summed E-state index contributed by atoms with van der Waals surface area (Å²) in [5.41, 5.74) is 0.118. The first kappa shape index (κ1) is 29.4. The van der Waals surface area contributed by atoms with Crippen molar-refractivity contribution in [3.8, 4) is 5.75 Å². The van der Waals surface area contributed by atoms with E-state index < -0.39 is 44.9 Å². The second kappa shape index (κ2) is 12.1. The molecule has 0 aliphatic carbocycles. The lowest BCUT2D eigenvalue weighted by Crippen LogP contribution is -2.56. The summed E-state index contributed by atoms with van der Waals surface area (Å²) in [4.78, 5) is 43.8. The number of hydrogen-bond donors (Lipinski definition) is 1. The number of benzene rings is 1. The molecule has 2 heterocycles. The van der Waals surface area contributed by atoms with Crippen LogP contribution in [0.3, 0.4) is 0 Å². The smallest absolute Gasteiger partial charge is 0.414 e. The van der Waals surface area contributed by atoms with Gasteiger partial charge in [-0.05, 0) is 50.6 Å². The Morgan fingerprint density at radius 2 is 1.87 bits per heavy atom. The van der Waals surface area contributed by atoms with E-state index in [0.717, 1.165) is 6.20 Å². The maximum Gasteiger partial charge on any atom is 0.414 e. The molecule has 2 atom stereocenters. The van der Waals surface area contributed by atoms with E-state index in [9.17, 15) is 22.8 Å². The molecule has 0 saturated carbocycles. The normalized spacial score (nSPS) is 17.3. The van der Waals surface area contributed by atoms with Gasteiger partial charge in [0, 0.05) is 44.2 Å². The fraction of sp³-hybridized carbons (Fsp3) is 0.440. The minimum absolute atomic E-state index is 0.00676. The molecule has 1 aromatic carbocycles. The summed E-state index contributed by atoms with van der Waals surface area (Å²) >= 11 is 1.27. The van der Waals surface area contributed by atoms with Crippen molar-refractivity contribution in [3.05, 3.63) is 54.4 Å². The van der Waals surface area contributed by atoms with Crippen LogP contribution in [0.15, 0.2) is 53.7 Å². The van der Waals surface area contributed by atoms with Gasteiger partial charge in [-0.25, -0.2) is 22.3 Å². The molecule has 38 heavy (non-hydrogen) atoms. The third-order valence-corrected chi connectivity index (χ3v) is 8.86. The number of nitrogens with zero attached hydrogens (tertiary/aromatic N) is 3. The van der Waals surface area contributed by atoms with Gasteiger partial charge in [-0.1, -0.05) is 12.1 Å². The van der Waals surface area contributed by atoms with Crippen molar-refractivity contribution in [1.29, 1.82) is 0 Å². The van der Waals surface area contributed by atoms with Gasteiger partial charge in [0.25, 0.3) is 15.9 Å². The van der Waals surface area contributed by atoms with Crippen molar-refractivity contribution in [2.75, 3.05) is 26.5 Å². The van der Waals surface area contributed by atoms with Crippen LogP contribution < -0.4 is 10.1 Å². The lowest BCUT2D eigenvalue weighted by Gasteiger charge is -2.31. The first-order valence-corrected chi connectivity index (χ1v) is 14.4. The quantitative estimate of drug-likeness (QED) is 0.452. The maximum atomic E-state index is 13.8. The molecule has 2 aromatic rings. The van der Waals surface area contributed by atoms with Crippen LogP contribution >= 0.6 is 11.8 Å². The number of amides is 2. The van der Waals surface area contributed by atoms with Crippen molar-refractivity contribution in [2.45, 2.75) is 49.0 Å². The van der Waals surface area contributed by atoms with Gasteiger partial charge in [0.1, 0.15) is 22.1 Å². The molecule has 1 saturated heterocycles. The average Bonchev–Trinajstić information content (AvgIpc) is 3.24. The summed E-state index contributed by atoms with van der Waals surface area (Å²) in [5, 5.41) is 2.26. The summed E-state index contributed by atoms with van der Waals surface area (Å²) in [6.07, 6.45) is 1.82. The zero-order chi connectivity index (χ0) is 28.1. The van der Waals surface area contributed by atoms with Crippen molar-refractivity contribution < 1.29 is 32.3 Å². The summed E-state index contributed by atoms with van der Waals surface area (Å²) in [6, 6.07) is 7.50. The number of nitrogens with one attached hydrogen (secondary N) is 1. The molecular weight excluding hydrogens is 532 g/mol. The Balaban J connectivity index is 2.02. The molecule has 206 valence electrons. The van der Waals surface area contributed by atoms with E-state index in [0.29, 0.717) is 15.6 Å². The number of ether oxygens (including phenoxy) is 2. The molecule has 0 bridgehead atoms. The molecule has 13 heteroatoms. The highest BCUT2D eigenvalue weighted by atomic mass is 32.2. The topological polar surface area (TPSA) is 135 Å². The minimum Gasteiger partial charge on any atom is -0.464 e. The fourth-order valence-corrected chi connectivity index (χ4v) is 6.54. The number of pyridine rings is 1. The van der Waals surface area contributed by atoms with E-state index in [1.165, 1.54) is 47.1 Å². The summed E-state index contributed by atoms with van der Waals surface area (Å²) < 4.78 is 38.7. The highest BCUT2D eigenvalue weighted by Crippen LogP contribution is 2.31. The van der Waals surface area contributed by atoms with Crippen LogP contribution in [0.1, 0.15) is 26.3 Å². The largest absolute Gasteiger partial charge is 0.464 e. The Morgan fingerprint density at radius 1 is 1.18 bits per heavy atom. The summed E-state index contributed by atoms with van der Waals surface area (Å²) in [5.74, 6) is -0.802. The number of esters is 1. The first-order valence-electron chi connectivity index (χ1n) is 11.9. The van der Waals surface area contributed by atoms with E-state index in [-0.39, 0.29) is 23.7 Å². The van der Waals surface area contributed by atoms with E-state index in [4.69, 9.17) is 9.47 Å². The predicted octanol–water partition coefficient (Wildman–Crippen LogP) is 2.27. The number of aromatic nitrogens is 1. The SMILES string of the molecule is CCOC(=O)[C@H](Cc1ccc(OC(=O)N(C)C)cc1)N(C(=O)[C@H]1NC(C)(C)CS1)S(=O)(=O)c1cccnc1. The highest BCUT2D eigenvalue weighted by Gasteiger charge is 2.46. The Hall–Kier alpha value is -3.16. The monoisotopic (exact) mass is 564 g/mol. The van der Waals surface area contributed by atoms with Gasteiger partial charge in [-0.15, -0.1) is 11.8 Å². The number of rotatable bonds is 9. The molecule has 1 aliphatic rings. The molecule has 1 N–H and O–H groups in total. The van der Waals surface area contributed by atoms with Crippen molar-refractivity contribution in [2.24, 2.45) is 0 Å². The maximum absolute atomic E-state index is 13.8. The Bertz CT molecular complexity index is 1250. The standard InChI is InChI=1S/C25H32N4O7S2/c1-6-35-23(31)20(14-17-9-11-18(12-10-17)36-24(32)28(4)5)29(22(30)21-27-25(2,3)16-37-21)38(33,34)19-8-7-13-26-15-19/h7-13,15,20-21,27H,6,14,16H2,1-5H3/t20-,21-/m0/s1. The van der Waals surface area contributed by atoms with Gasteiger partial charge in [0.05, 0.1) is 6.61 Å². The van der Waals surface area contributed by atoms with Gasteiger partial charge in [0.15, 0.2) is 0 Å². The molecule has 0 unspecified atom stereocenters. The fourth-order valence-electron chi connectivity index (χ4n) is 3.64. The third-order valence-electron chi connectivity index (χ3n) is 5.53. The Labute approximate surface area is 226 Å². The van der Waals surface area contributed by atoms with Crippen LogP contribution in [0.25, 0.3) is 0 Å². The zero-order valence-corrected chi connectivity index (χ0v) is 23.5. The van der Waals surface area contributed by atoms with Crippen molar-refractivity contribution >= 4 is 39.8 Å². The third kappa shape index (κ3) is 7.03. The van der Waals surface area contributed by atoms with Crippen LogP contribution in [0.5, 0.6) is 5.75 Å². The van der Waals surface area contributed by atoms with E-state index in [2.05, 4.69) is 10.3 Å². The second-order valence-electron chi connectivity index (χ2n) is 9.43. The summed E-state index contributed by atoms with van der Waals surface area (Å²) in [7, 11) is -1.40.